The molecule has 108 valence electrons. The van der Waals surface area contributed by atoms with Crippen molar-refractivity contribution in [1.82, 2.24) is 10.6 Å². The van der Waals surface area contributed by atoms with E-state index in [0.717, 1.165) is 25.7 Å². The monoisotopic (exact) mass is 272 g/mol. The molecule has 19 heavy (non-hydrogen) atoms. The summed E-state index contributed by atoms with van der Waals surface area (Å²) in [6.45, 7) is 1.92. The molecule has 0 bridgehead atoms. The van der Waals surface area contributed by atoms with Crippen LogP contribution in [0.4, 0.5) is 4.79 Å². The summed E-state index contributed by atoms with van der Waals surface area (Å²) >= 11 is 0. The fourth-order valence-corrected chi connectivity index (χ4v) is 2.27. The van der Waals surface area contributed by atoms with Crippen LogP contribution in [0.15, 0.2) is 0 Å². The van der Waals surface area contributed by atoms with Crippen molar-refractivity contribution in [3.8, 4) is 0 Å². The highest BCUT2D eigenvalue weighted by Gasteiger charge is 2.31. The lowest BCUT2D eigenvalue weighted by Gasteiger charge is -2.26. The lowest BCUT2D eigenvalue weighted by atomic mass is 10.0. The number of nitrogens with one attached hydrogen (secondary N) is 2. The van der Waals surface area contributed by atoms with Crippen LogP contribution in [0.25, 0.3) is 0 Å². The Morgan fingerprint density at radius 2 is 1.79 bits per heavy atom. The second-order valence-corrected chi connectivity index (χ2v) is 5.19. The number of hydrogen-bond donors (Lipinski definition) is 4. The number of urea groups is 1. The summed E-state index contributed by atoms with van der Waals surface area (Å²) in [6.07, 6.45) is 3.39. The van der Waals surface area contributed by atoms with Gasteiger partial charge in [0.15, 0.2) is 0 Å². The van der Waals surface area contributed by atoms with Crippen molar-refractivity contribution in [2.24, 2.45) is 0 Å². The van der Waals surface area contributed by atoms with Gasteiger partial charge < -0.3 is 20.8 Å². The minimum atomic E-state index is -1.23. The third-order valence-electron chi connectivity index (χ3n) is 3.37. The second kappa shape index (κ2) is 6.40. The molecule has 0 saturated heterocycles. The van der Waals surface area contributed by atoms with Crippen LogP contribution in [0.3, 0.4) is 0 Å². The van der Waals surface area contributed by atoms with Gasteiger partial charge in [0.05, 0.1) is 0 Å². The zero-order chi connectivity index (χ0) is 14.5. The van der Waals surface area contributed by atoms with Crippen molar-refractivity contribution in [3.05, 3.63) is 0 Å². The Bertz CT molecular complexity index is 363. The van der Waals surface area contributed by atoms with Gasteiger partial charge in [0.25, 0.3) is 0 Å². The van der Waals surface area contributed by atoms with Crippen LogP contribution in [0, 0.1) is 0 Å². The summed E-state index contributed by atoms with van der Waals surface area (Å²) in [4.78, 5) is 33.1. The van der Waals surface area contributed by atoms with Crippen LogP contribution in [0.1, 0.15) is 45.4 Å². The maximum atomic E-state index is 11.7. The van der Waals surface area contributed by atoms with E-state index in [0.29, 0.717) is 0 Å². The highest BCUT2D eigenvalue weighted by Crippen LogP contribution is 2.28. The van der Waals surface area contributed by atoms with Gasteiger partial charge in [0.2, 0.25) is 0 Å². The van der Waals surface area contributed by atoms with E-state index in [1.165, 1.54) is 0 Å². The molecule has 1 fully saturated rings. The minimum absolute atomic E-state index is 0.130. The number of rotatable bonds is 6. The fourth-order valence-electron chi connectivity index (χ4n) is 2.27. The molecule has 0 aromatic rings. The van der Waals surface area contributed by atoms with E-state index >= 15 is 0 Å². The first kappa shape index (κ1) is 15.3. The minimum Gasteiger partial charge on any atom is -0.481 e. The fraction of sp³-hybridized carbons (Fsp3) is 0.750. The summed E-state index contributed by atoms with van der Waals surface area (Å²) < 4.78 is 0. The molecule has 1 aliphatic rings. The first-order valence-corrected chi connectivity index (χ1v) is 6.36. The molecule has 1 rings (SSSR count). The average molecular weight is 272 g/mol. The van der Waals surface area contributed by atoms with Crippen LogP contribution >= 0.6 is 0 Å². The molecule has 0 aromatic heterocycles. The summed E-state index contributed by atoms with van der Waals surface area (Å²) in [5, 5.41) is 22.5. The van der Waals surface area contributed by atoms with E-state index in [2.05, 4.69) is 10.6 Å². The molecule has 1 atom stereocenters. The maximum Gasteiger partial charge on any atom is 0.326 e. The Balaban J connectivity index is 2.46. The van der Waals surface area contributed by atoms with Crippen molar-refractivity contribution >= 4 is 18.0 Å². The molecule has 0 aromatic carbocycles. The quantitative estimate of drug-likeness (QED) is 0.574. The van der Waals surface area contributed by atoms with Gasteiger partial charge >= 0.3 is 18.0 Å². The van der Waals surface area contributed by atoms with E-state index in [-0.39, 0.29) is 18.4 Å². The van der Waals surface area contributed by atoms with E-state index in [1.54, 1.807) is 0 Å². The largest absolute Gasteiger partial charge is 0.481 e. The molecule has 0 heterocycles. The Morgan fingerprint density at radius 1 is 1.21 bits per heavy atom. The second-order valence-electron chi connectivity index (χ2n) is 5.19. The number of carboxylic acids is 2. The smallest absolute Gasteiger partial charge is 0.326 e. The Hall–Kier alpha value is -1.79. The van der Waals surface area contributed by atoms with Gasteiger partial charge in [0, 0.05) is 12.0 Å². The Morgan fingerprint density at radius 3 is 2.26 bits per heavy atom. The number of carbonyl (C=O) groups excluding carboxylic acids is 1. The molecular formula is C12H20N2O5. The van der Waals surface area contributed by atoms with Gasteiger partial charge in [-0.1, -0.05) is 12.8 Å². The van der Waals surface area contributed by atoms with Gasteiger partial charge in [-0.25, -0.2) is 9.59 Å². The molecule has 1 aliphatic carbocycles. The standard InChI is InChI=1S/C12H20N2O5/c1-12(6-2-3-7-12)14-11(19)13-8(10(17)18)4-5-9(15)16/h8H,2-7H2,1H3,(H,15,16)(H,17,18)(H2,13,14,19)/t8-/m0/s1. The van der Waals surface area contributed by atoms with Crippen molar-refractivity contribution < 1.29 is 24.6 Å². The highest BCUT2D eigenvalue weighted by molar-refractivity contribution is 5.83. The normalized spacial score (nSPS) is 18.6. The summed E-state index contributed by atoms with van der Waals surface area (Å²) in [5.74, 6) is -2.32. The molecule has 0 spiro atoms. The summed E-state index contributed by atoms with van der Waals surface area (Å²) in [6, 6.07) is -1.73. The van der Waals surface area contributed by atoms with Gasteiger partial charge in [-0.05, 0) is 26.2 Å². The zero-order valence-electron chi connectivity index (χ0n) is 10.9. The Kier molecular flexibility index (Phi) is 5.14. The van der Waals surface area contributed by atoms with Gasteiger partial charge in [0.1, 0.15) is 6.04 Å². The average Bonchev–Trinajstić information content (AvgIpc) is 2.70. The summed E-state index contributed by atoms with van der Waals surface area (Å²) in [5.41, 5.74) is -0.292. The number of amides is 2. The molecular weight excluding hydrogens is 252 g/mol. The number of carboxylic acid groups (broad SMARTS) is 2. The van der Waals surface area contributed by atoms with Crippen molar-refractivity contribution in [3.63, 3.8) is 0 Å². The number of hydrogen-bond acceptors (Lipinski definition) is 3. The molecule has 4 N–H and O–H groups in total. The predicted octanol–water partition coefficient (Wildman–Crippen LogP) is 0.936. The van der Waals surface area contributed by atoms with Crippen molar-refractivity contribution in [1.29, 1.82) is 0 Å². The summed E-state index contributed by atoms with van der Waals surface area (Å²) in [7, 11) is 0. The SMILES string of the molecule is CC1(NC(=O)N[C@@H](CCC(=O)O)C(=O)O)CCCC1. The van der Waals surface area contributed by atoms with Crippen molar-refractivity contribution in [2.45, 2.75) is 57.0 Å². The van der Waals surface area contributed by atoms with Gasteiger partial charge in [-0.15, -0.1) is 0 Å². The van der Waals surface area contributed by atoms with Crippen LogP contribution in [-0.4, -0.2) is 39.8 Å². The van der Waals surface area contributed by atoms with E-state index < -0.39 is 24.0 Å². The van der Waals surface area contributed by atoms with Crippen LogP contribution < -0.4 is 10.6 Å². The molecule has 0 unspecified atom stereocenters. The molecule has 7 nitrogen and oxygen atoms in total. The zero-order valence-corrected chi connectivity index (χ0v) is 10.9. The topological polar surface area (TPSA) is 116 Å². The predicted molar refractivity (Wildman–Crippen MR) is 66.8 cm³/mol. The maximum absolute atomic E-state index is 11.7. The number of carbonyl (C=O) groups is 3. The lowest BCUT2D eigenvalue weighted by Crippen LogP contribution is -2.53. The first-order chi connectivity index (χ1) is 8.82. The third kappa shape index (κ3) is 5.15. The van der Waals surface area contributed by atoms with Gasteiger partial charge in [-0.2, -0.15) is 0 Å². The van der Waals surface area contributed by atoms with E-state index in [4.69, 9.17) is 10.2 Å². The third-order valence-corrected chi connectivity index (χ3v) is 3.37. The molecule has 0 radical (unpaired) electrons. The first-order valence-electron chi connectivity index (χ1n) is 6.36. The van der Waals surface area contributed by atoms with Gasteiger partial charge in [-0.3, -0.25) is 4.79 Å². The van der Waals surface area contributed by atoms with Crippen molar-refractivity contribution in [2.75, 3.05) is 0 Å². The Labute approximate surface area is 111 Å². The molecule has 1 saturated carbocycles. The lowest BCUT2D eigenvalue weighted by molar-refractivity contribution is -0.140. The van der Waals surface area contributed by atoms with Crippen LogP contribution in [-0.2, 0) is 9.59 Å². The molecule has 7 heteroatoms. The van der Waals surface area contributed by atoms with E-state index in [9.17, 15) is 14.4 Å². The van der Waals surface area contributed by atoms with Crippen LogP contribution in [0.5, 0.6) is 0 Å². The highest BCUT2D eigenvalue weighted by atomic mass is 16.4. The molecule has 2 amide bonds. The van der Waals surface area contributed by atoms with Crippen LogP contribution in [0.2, 0.25) is 0 Å². The number of aliphatic carboxylic acids is 2. The molecule has 0 aliphatic heterocycles. The van der Waals surface area contributed by atoms with E-state index in [1.807, 2.05) is 6.92 Å².